The van der Waals surface area contributed by atoms with Gasteiger partial charge >= 0.3 is 5.97 Å². The topological polar surface area (TPSA) is 49.8 Å². The predicted octanol–water partition coefficient (Wildman–Crippen LogP) is 4.98. The summed E-state index contributed by atoms with van der Waals surface area (Å²) in [5, 5.41) is 8.39. The maximum absolute atomic E-state index is 10.2. The molecule has 0 radical (unpaired) electrons. The van der Waals surface area contributed by atoms with Crippen LogP contribution in [0.4, 0.5) is 0 Å². The first-order valence-electron chi connectivity index (χ1n) is 8.47. The molecule has 1 aliphatic rings. The normalized spacial score (nSPS) is 18.3. The maximum Gasteiger partial charge on any atom is 0.328 e. The fourth-order valence-corrected chi connectivity index (χ4v) is 2.10. The van der Waals surface area contributed by atoms with E-state index in [0.717, 1.165) is 19.1 Å². The highest BCUT2D eigenvalue weighted by Gasteiger charge is 2.20. The lowest BCUT2D eigenvalue weighted by molar-refractivity contribution is -0.131. The van der Waals surface area contributed by atoms with E-state index >= 15 is 0 Å². The van der Waals surface area contributed by atoms with E-state index in [1.54, 1.807) is 12.2 Å². The number of carbonyl (C=O) groups is 1. The number of unbranched alkanes of at least 4 members (excludes halogenated alkanes) is 5. The fourth-order valence-electron chi connectivity index (χ4n) is 2.10. The number of epoxide rings is 1. The van der Waals surface area contributed by atoms with Gasteiger partial charge in [0.2, 0.25) is 0 Å². The summed E-state index contributed by atoms with van der Waals surface area (Å²) in [6.45, 7) is 0.992. The molecule has 0 saturated carbocycles. The number of carboxylic acid groups (broad SMARTS) is 1. The zero-order chi connectivity index (χ0) is 16.6. The summed E-state index contributed by atoms with van der Waals surface area (Å²) in [5.41, 5.74) is 0. The first kappa shape index (κ1) is 19.2. The van der Waals surface area contributed by atoms with E-state index in [1.165, 1.54) is 44.6 Å². The molecular weight excluding hydrogens is 288 g/mol. The molecule has 3 heteroatoms. The highest BCUT2D eigenvalue weighted by molar-refractivity contribution is 5.80. The molecule has 0 amide bonds. The number of rotatable bonds is 13. The Morgan fingerprint density at radius 3 is 2.09 bits per heavy atom. The van der Waals surface area contributed by atoms with Gasteiger partial charge in [0.25, 0.3) is 0 Å². The quantitative estimate of drug-likeness (QED) is 0.225. The molecule has 1 heterocycles. The highest BCUT2D eigenvalue weighted by Crippen LogP contribution is 2.17. The van der Waals surface area contributed by atoms with E-state index in [2.05, 4.69) is 12.2 Å². The SMILES string of the molecule is O=C(O)C=CC=CC=CC=CC=CCCCCCCCC1CO1. The lowest BCUT2D eigenvalue weighted by atomic mass is 10.1. The molecule has 1 saturated heterocycles. The molecule has 0 aromatic heterocycles. The van der Waals surface area contributed by atoms with Crippen LogP contribution in [0.3, 0.4) is 0 Å². The molecule has 0 spiro atoms. The Kier molecular flexibility index (Phi) is 11.5. The van der Waals surface area contributed by atoms with Crippen LogP contribution in [0.5, 0.6) is 0 Å². The van der Waals surface area contributed by atoms with Crippen LogP contribution >= 0.6 is 0 Å². The number of aliphatic carboxylic acids is 1. The lowest BCUT2D eigenvalue weighted by Crippen LogP contribution is -1.85. The fraction of sp³-hybridized carbons (Fsp3) is 0.450. The van der Waals surface area contributed by atoms with Crippen LogP contribution in [0.2, 0.25) is 0 Å². The molecule has 1 fully saturated rings. The van der Waals surface area contributed by atoms with E-state index in [1.807, 2.05) is 24.3 Å². The van der Waals surface area contributed by atoms with Gasteiger partial charge in [0.15, 0.2) is 0 Å². The second kappa shape index (κ2) is 13.8. The largest absolute Gasteiger partial charge is 0.478 e. The standard InChI is InChI=1S/C20H28O3/c21-20(22)17-15-13-11-9-7-5-3-1-2-4-6-8-10-12-14-16-19-18-23-19/h1-3,5,7,9,11,13,15,17,19H,4,6,8,10,12,14,16,18H2,(H,21,22). The van der Waals surface area contributed by atoms with E-state index in [-0.39, 0.29) is 0 Å². The summed E-state index contributed by atoms with van der Waals surface area (Å²) in [5.74, 6) is -0.934. The van der Waals surface area contributed by atoms with E-state index in [0.29, 0.717) is 6.10 Å². The van der Waals surface area contributed by atoms with Gasteiger partial charge in [-0.2, -0.15) is 0 Å². The molecule has 1 aliphatic heterocycles. The van der Waals surface area contributed by atoms with Crippen molar-refractivity contribution in [3.63, 3.8) is 0 Å². The highest BCUT2D eigenvalue weighted by atomic mass is 16.6. The predicted molar refractivity (Wildman–Crippen MR) is 95.4 cm³/mol. The van der Waals surface area contributed by atoms with Gasteiger partial charge in [0.05, 0.1) is 12.7 Å². The van der Waals surface area contributed by atoms with Crippen LogP contribution in [0.25, 0.3) is 0 Å². The molecule has 23 heavy (non-hydrogen) atoms. The lowest BCUT2D eigenvalue weighted by Gasteiger charge is -1.98. The smallest absolute Gasteiger partial charge is 0.328 e. The third-order valence-corrected chi connectivity index (χ3v) is 3.45. The van der Waals surface area contributed by atoms with Gasteiger partial charge < -0.3 is 9.84 Å². The number of ether oxygens (including phenoxy) is 1. The van der Waals surface area contributed by atoms with Crippen LogP contribution < -0.4 is 0 Å². The van der Waals surface area contributed by atoms with Crippen LogP contribution in [-0.2, 0) is 9.53 Å². The van der Waals surface area contributed by atoms with Crippen molar-refractivity contribution in [2.45, 2.75) is 51.0 Å². The minimum atomic E-state index is -0.934. The first-order chi connectivity index (χ1) is 11.3. The van der Waals surface area contributed by atoms with Crippen molar-refractivity contribution in [3.05, 3.63) is 60.8 Å². The van der Waals surface area contributed by atoms with Crippen LogP contribution in [0.15, 0.2) is 60.8 Å². The van der Waals surface area contributed by atoms with Crippen molar-refractivity contribution in [3.8, 4) is 0 Å². The van der Waals surface area contributed by atoms with Crippen molar-refractivity contribution >= 4 is 5.97 Å². The van der Waals surface area contributed by atoms with Gasteiger partial charge in [-0.3, -0.25) is 0 Å². The molecule has 0 aliphatic carbocycles. The monoisotopic (exact) mass is 316 g/mol. The zero-order valence-corrected chi connectivity index (χ0v) is 13.8. The zero-order valence-electron chi connectivity index (χ0n) is 13.8. The summed E-state index contributed by atoms with van der Waals surface area (Å²) in [4.78, 5) is 10.2. The first-order valence-corrected chi connectivity index (χ1v) is 8.47. The third-order valence-electron chi connectivity index (χ3n) is 3.45. The van der Waals surface area contributed by atoms with Crippen molar-refractivity contribution in [2.24, 2.45) is 0 Å². The Morgan fingerprint density at radius 2 is 1.43 bits per heavy atom. The molecule has 126 valence electrons. The minimum absolute atomic E-state index is 0.593. The second-order valence-electron chi connectivity index (χ2n) is 5.58. The molecule has 1 unspecified atom stereocenters. The van der Waals surface area contributed by atoms with Gasteiger partial charge in [-0.15, -0.1) is 0 Å². The van der Waals surface area contributed by atoms with Crippen molar-refractivity contribution in [1.82, 2.24) is 0 Å². The van der Waals surface area contributed by atoms with Gasteiger partial charge in [-0.05, 0) is 19.3 Å². The Bertz CT molecular complexity index is 452. The van der Waals surface area contributed by atoms with Crippen LogP contribution in [0, 0.1) is 0 Å². The summed E-state index contributed by atoms with van der Waals surface area (Å²) in [6, 6.07) is 0. The van der Waals surface area contributed by atoms with Gasteiger partial charge in [0, 0.05) is 6.08 Å². The molecule has 1 atom stereocenters. The molecule has 0 aromatic carbocycles. The maximum atomic E-state index is 10.2. The van der Waals surface area contributed by atoms with E-state index in [9.17, 15) is 4.79 Å². The average molecular weight is 316 g/mol. The third kappa shape index (κ3) is 14.8. The number of hydrogen-bond acceptors (Lipinski definition) is 2. The van der Waals surface area contributed by atoms with Crippen molar-refractivity contribution in [1.29, 1.82) is 0 Å². The van der Waals surface area contributed by atoms with Crippen molar-refractivity contribution in [2.75, 3.05) is 6.61 Å². The van der Waals surface area contributed by atoms with Gasteiger partial charge in [-0.1, -0.05) is 80.4 Å². The molecule has 3 nitrogen and oxygen atoms in total. The van der Waals surface area contributed by atoms with Crippen LogP contribution in [-0.4, -0.2) is 23.8 Å². The number of hydrogen-bond donors (Lipinski definition) is 1. The summed E-state index contributed by atoms with van der Waals surface area (Å²) in [6.07, 6.45) is 27.6. The Morgan fingerprint density at radius 1 is 0.870 bits per heavy atom. The molecular formula is C20H28O3. The molecule has 1 N–H and O–H groups in total. The summed E-state index contributed by atoms with van der Waals surface area (Å²) in [7, 11) is 0. The minimum Gasteiger partial charge on any atom is -0.478 e. The Hall–Kier alpha value is -1.87. The average Bonchev–Trinajstić information content (AvgIpc) is 3.34. The summed E-state index contributed by atoms with van der Waals surface area (Å²) >= 11 is 0. The van der Waals surface area contributed by atoms with E-state index < -0.39 is 5.97 Å². The molecule has 0 aromatic rings. The molecule has 0 bridgehead atoms. The van der Waals surface area contributed by atoms with Crippen LogP contribution in [0.1, 0.15) is 44.9 Å². The summed E-state index contributed by atoms with van der Waals surface area (Å²) < 4.78 is 5.19. The van der Waals surface area contributed by atoms with E-state index in [4.69, 9.17) is 9.84 Å². The van der Waals surface area contributed by atoms with Crippen molar-refractivity contribution < 1.29 is 14.6 Å². The number of allylic oxidation sites excluding steroid dienone is 9. The number of carboxylic acids is 1. The molecule has 1 rings (SSSR count). The Balaban J connectivity index is 1.88. The van der Waals surface area contributed by atoms with Gasteiger partial charge in [-0.25, -0.2) is 4.79 Å². The second-order valence-corrected chi connectivity index (χ2v) is 5.58. The van der Waals surface area contributed by atoms with Gasteiger partial charge in [0.1, 0.15) is 0 Å². The Labute approximate surface area is 139 Å².